The molecule has 6 nitrogen and oxygen atoms in total. The second-order valence-electron chi connectivity index (χ2n) is 6.37. The average Bonchev–Trinajstić information content (AvgIpc) is 3.34. The molecule has 0 aliphatic heterocycles. The van der Waals surface area contributed by atoms with E-state index in [1.807, 2.05) is 53.9 Å². The fourth-order valence-corrected chi connectivity index (χ4v) is 4.07. The minimum atomic E-state index is 0.602. The molecule has 0 amide bonds. The highest BCUT2D eigenvalue weighted by molar-refractivity contribution is 7.16. The number of para-hydroxylation sites is 1. The molecule has 5 rings (SSSR count). The van der Waals surface area contributed by atoms with Gasteiger partial charge in [-0.2, -0.15) is 9.61 Å². The number of hydrogen-bond acceptors (Lipinski definition) is 6. The Labute approximate surface area is 163 Å². The van der Waals surface area contributed by atoms with E-state index >= 15 is 0 Å². The van der Waals surface area contributed by atoms with Gasteiger partial charge in [0.05, 0.1) is 5.69 Å². The largest absolute Gasteiger partial charge is 0.356 e. The molecule has 0 N–H and O–H groups in total. The summed E-state index contributed by atoms with van der Waals surface area (Å²) in [5, 5.41) is 20.1. The van der Waals surface area contributed by atoms with Crippen LogP contribution in [0.1, 0.15) is 27.7 Å². The van der Waals surface area contributed by atoms with Crippen molar-refractivity contribution in [2.24, 2.45) is 0 Å². The van der Waals surface area contributed by atoms with Gasteiger partial charge in [-0.05, 0) is 36.2 Å². The van der Waals surface area contributed by atoms with Crippen LogP contribution in [0.2, 0.25) is 5.02 Å². The van der Waals surface area contributed by atoms with Crippen LogP contribution in [0.5, 0.6) is 0 Å². The predicted molar refractivity (Wildman–Crippen MR) is 104 cm³/mol. The summed E-state index contributed by atoms with van der Waals surface area (Å²) in [6, 6.07) is 13.8. The van der Waals surface area contributed by atoms with Gasteiger partial charge < -0.3 is 4.52 Å². The molecule has 0 aliphatic carbocycles. The fraction of sp³-hybridized carbons (Fsp3) is 0.158. The Balaban J connectivity index is 1.45. The zero-order valence-electron chi connectivity index (χ0n) is 14.4. The van der Waals surface area contributed by atoms with Crippen LogP contribution >= 0.6 is 22.9 Å². The van der Waals surface area contributed by atoms with Crippen LogP contribution in [0.4, 0.5) is 0 Å². The highest BCUT2D eigenvalue weighted by Gasteiger charge is 2.16. The Kier molecular flexibility index (Phi) is 3.91. The van der Waals surface area contributed by atoms with Crippen LogP contribution in [0, 0.1) is 6.92 Å². The molecule has 3 heterocycles. The van der Waals surface area contributed by atoms with E-state index in [1.54, 1.807) is 0 Å². The topological polar surface area (TPSA) is 69.1 Å². The van der Waals surface area contributed by atoms with Gasteiger partial charge in [0, 0.05) is 23.3 Å². The van der Waals surface area contributed by atoms with Gasteiger partial charge in [-0.1, -0.05) is 52.4 Å². The summed E-state index contributed by atoms with van der Waals surface area (Å²) in [5.41, 5.74) is 3.91. The molecule has 3 aromatic heterocycles. The minimum Gasteiger partial charge on any atom is -0.356 e. The van der Waals surface area contributed by atoms with Gasteiger partial charge >= 0.3 is 0 Å². The van der Waals surface area contributed by atoms with Crippen molar-refractivity contribution in [3.63, 3.8) is 0 Å². The number of aryl methyl sites for hydroxylation is 1. The monoisotopic (exact) mass is 395 g/mol. The average molecular weight is 396 g/mol. The van der Waals surface area contributed by atoms with E-state index in [9.17, 15) is 0 Å². The molecule has 0 saturated carbocycles. The molecule has 134 valence electrons. The number of halogens is 1. The predicted octanol–water partition coefficient (Wildman–Crippen LogP) is 4.47. The number of benzene rings is 2. The van der Waals surface area contributed by atoms with Gasteiger partial charge in [0.2, 0.25) is 4.96 Å². The summed E-state index contributed by atoms with van der Waals surface area (Å²) in [7, 11) is 0. The second kappa shape index (κ2) is 6.44. The van der Waals surface area contributed by atoms with Crippen molar-refractivity contribution in [3.8, 4) is 0 Å². The molecule has 5 aromatic rings. The Morgan fingerprint density at radius 2 is 1.93 bits per heavy atom. The first-order valence-electron chi connectivity index (χ1n) is 8.46. The first-order chi connectivity index (χ1) is 13.2. The Hall–Kier alpha value is -2.77. The van der Waals surface area contributed by atoms with E-state index in [1.165, 1.54) is 11.3 Å². The molecule has 0 radical (unpaired) electrons. The quantitative estimate of drug-likeness (QED) is 0.449. The van der Waals surface area contributed by atoms with E-state index < -0.39 is 0 Å². The Morgan fingerprint density at radius 1 is 1.07 bits per heavy atom. The normalized spacial score (nSPS) is 11.6. The Morgan fingerprint density at radius 3 is 2.78 bits per heavy atom. The molecule has 0 bridgehead atoms. The minimum absolute atomic E-state index is 0.602. The molecule has 0 atom stereocenters. The highest BCUT2D eigenvalue weighted by Crippen LogP contribution is 2.25. The fourth-order valence-electron chi connectivity index (χ4n) is 3.09. The highest BCUT2D eigenvalue weighted by atomic mass is 35.5. The van der Waals surface area contributed by atoms with E-state index in [4.69, 9.17) is 21.2 Å². The van der Waals surface area contributed by atoms with Crippen LogP contribution in [-0.2, 0) is 12.8 Å². The first-order valence-corrected chi connectivity index (χ1v) is 9.65. The number of rotatable bonds is 4. The molecule has 0 unspecified atom stereocenters. The van der Waals surface area contributed by atoms with Crippen molar-refractivity contribution in [1.82, 2.24) is 25.0 Å². The number of aromatic nitrogens is 5. The number of nitrogens with zero attached hydrogens (tertiary/aromatic N) is 5. The summed E-state index contributed by atoms with van der Waals surface area (Å²) in [4.78, 5) is 0.776. The van der Waals surface area contributed by atoms with E-state index in [-0.39, 0.29) is 0 Å². The summed E-state index contributed by atoms with van der Waals surface area (Å²) in [6.45, 7) is 2.02. The van der Waals surface area contributed by atoms with Crippen LogP contribution in [-0.4, -0.2) is 25.0 Å². The standard InChI is InChI=1S/C19H14ClN5OS/c1-11-3-2-4-14-15(24-26-18(11)14)10-17-23-25-16(21-22-19(25)27-17)9-12-5-7-13(20)8-6-12/h2-8H,9-10H2,1H3. The van der Waals surface area contributed by atoms with E-state index in [0.717, 1.165) is 48.6 Å². The summed E-state index contributed by atoms with van der Waals surface area (Å²) >= 11 is 7.47. The molecule has 0 fully saturated rings. The van der Waals surface area contributed by atoms with Gasteiger partial charge in [-0.25, -0.2) is 0 Å². The van der Waals surface area contributed by atoms with Crippen molar-refractivity contribution < 1.29 is 4.52 Å². The summed E-state index contributed by atoms with van der Waals surface area (Å²) in [5.74, 6) is 0.802. The summed E-state index contributed by atoms with van der Waals surface area (Å²) < 4.78 is 7.31. The third kappa shape index (κ3) is 2.98. The lowest BCUT2D eigenvalue weighted by atomic mass is 10.1. The van der Waals surface area contributed by atoms with Crippen molar-refractivity contribution in [3.05, 3.63) is 75.1 Å². The molecular formula is C19H14ClN5OS. The third-order valence-corrected chi connectivity index (χ3v) is 5.61. The van der Waals surface area contributed by atoms with Crippen LogP contribution < -0.4 is 0 Å². The van der Waals surface area contributed by atoms with Gasteiger partial charge in [0.15, 0.2) is 11.4 Å². The molecule has 0 aliphatic rings. The zero-order valence-corrected chi connectivity index (χ0v) is 16.0. The van der Waals surface area contributed by atoms with Gasteiger partial charge in [-0.3, -0.25) is 0 Å². The first kappa shape index (κ1) is 16.4. The van der Waals surface area contributed by atoms with E-state index in [2.05, 4.69) is 15.4 Å². The maximum Gasteiger partial charge on any atom is 0.234 e. The smallest absolute Gasteiger partial charge is 0.234 e. The number of hydrogen-bond donors (Lipinski definition) is 0. The van der Waals surface area contributed by atoms with Crippen LogP contribution in [0.15, 0.2) is 47.0 Å². The van der Waals surface area contributed by atoms with Crippen molar-refractivity contribution in [2.45, 2.75) is 19.8 Å². The van der Waals surface area contributed by atoms with Crippen LogP contribution in [0.25, 0.3) is 15.9 Å². The van der Waals surface area contributed by atoms with E-state index in [0.29, 0.717) is 12.8 Å². The summed E-state index contributed by atoms with van der Waals surface area (Å²) in [6.07, 6.45) is 1.25. The SMILES string of the molecule is Cc1cccc2c(Cc3nn4c(Cc5ccc(Cl)cc5)nnc4s3)noc12. The van der Waals surface area contributed by atoms with Gasteiger partial charge in [0.1, 0.15) is 5.01 Å². The maximum absolute atomic E-state index is 5.95. The number of fused-ring (bicyclic) bond motifs is 2. The molecular weight excluding hydrogens is 382 g/mol. The zero-order chi connectivity index (χ0) is 18.4. The molecule has 2 aromatic carbocycles. The van der Waals surface area contributed by atoms with Crippen molar-refractivity contribution in [2.75, 3.05) is 0 Å². The van der Waals surface area contributed by atoms with Gasteiger partial charge in [0.25, 0.3) is 0 Å². The van der Waals surface area contributed by atoms with Crippen molar-refractivity contribution in [1.29, 1.82) is 0 Å². The lowest BCUT2D eigenvalue weighted by Gasteiger charge is -1.98. The lowest BCUT2D eigenvalue weighted by molar-refractivity contribution is 0.446. The van der Waals surface area contributed by atoms with Gasteiger partial charge in [-0.15, -0.1) is 10.2 Å². The lowest BCUT2D eigenvalue weighted by Crippen LogP contribution is -1.99. The molecule has 27 heavy (non-hydrogen) atoms. The van der Waals surface area contributed by atoms with Crippen molar-refractivity contribution >= 4 is 38.9 Å². The third-order valence-electron chi connectivity index (χ3n) is 4.46. The van der Waals surface area contributed by atoms with Crippen LogP contribution in [0.3, 0.4) is 0 Å². The molecule has 8 heteroatoms. The maximum atomic E-state index is 5.95. The molecule has 0 spiro atoms. The molecule has 0 saturated heterocycles. The Bertz CT molecular complexity index is 1250. The second-order valence-corrected chi connectivity index (χ2v) is 7.84.